The van der Waals surface area contributed by atoms with Gasteiger partial charge in [0.05, 0.1) is 6.54 Å². The van der Waals surface area contributed by atoms with Gasteiger partial charge in [-0.3, -0.25) is 4.90 Å². The first-order chi connectivity index (χ1) is 13.9. The molecule has 0 aliphatic carbocycles. The van der Waals surface area contributed by atoms with E-state index in [2.05, 4.69) is 46.6 Å². The minimum Gasteiger partial charge on any atom is -0.364 e. The summed E-state index contributed by atoms with van der Waals surface area (Å²) in [5, 5.41) is 3.27. The summed E-state index contributed by atoms with van der Waals surface area (Å²) in [6.45, 7) is 8.21. The highest BCUT2D eigenvalue weighted by Crippen LogP contribution is 2.25. The van der Waals surface area contributed by atoms with E-state index in [0.29, 0.717) is 32.7 Å². The second-order valence-electron chi connectivity index (χ2n) is 7.45. The maximum absolute atomic E-state index is 12.9. The zero-order valence-electron chi connectivity index (χ0n) is 17.1. The molecule has 1 aromatic carbocycles. The van der Waals surface area contributed by atoms with Crippen molar-refractivity contribution in [2.24, 2.45) is 4.99 Å². The van der Waals surface area contributed by atoms with Gasteiger partial charge in [0.15, 0.2) is 5.96 Å². The lowest BCUT2D eigenvalue weighted by Gasteiger charge is -2.39. The topological polar surface area (TPSA) is 34.1 Å². The van der Waals surface area contributed by atoms with E-state index in [-0.39, 0.29) is 0 Å². The van der Waals surface area contributed by atoms with Crippen LogP contribution in [0.3, 0.4) is 0 Å². The number of alkyl halides is 3. The van der Waals surface area contributed by atoms with Crippen LogP contribution in [0.5, 0.6) is 0 Å². The van der Waals surface area contributed by atoms with Crippen molar-refractivity contribution in [1.82, 2.24) is 15.1 Å². The largest absolute Gasteiger partial charge is 0.403 e. The molecule has 2 aliphatic heterocycles. The minimum atomic E-state index is -4.18. The Labute approximate surface area is 170 Å². The van der Waals surface area contributed by atoms with Gasteiger partial charge in [-0.1, -0.05) is 24.3 Å². The monoisotopic (exact) mass is 409 g/mol. The molecule has 2 aliphatic rings. The van der Waals surface area contributed by atoms with E-state index in [1.54, 1.807) is 0 Å². The predicted molar refractivity (Wildman–Crippen MR) is 111 cm³/mol. The van der Waals surface area contributed by atoms with Crippen LogP contribution in [0.4, 0.5) is 18.9 Å². The highest BCUT2D eigenvalue weighted by molar-refractivity contribution is 5.80. The Hall–Kier alpha value is -2.22. The van der Waals surface area contributed by atoms with Gasteiger partial charge in [0.25, 0.3) is 0 Å². The third-order valence-corrected chi connectivity index (χ3v) is 5.50. The quantitative estimate of drug-likeness (QED) is 0.460. The van der Waals surface area contributed by atoms with Crippen molar-refractivity contribution in [3.8, 4) is 0 Å². The van der Waals surface area contributed by atoms with Gasteiger partial charge in [0.1, 0.15) is 6.04 Å². The van der Waals surface area contributed by atoms with Gasteiger partial charge < -0.3 is 15.1 Å². The van der Waals surface area contributed by atoms with Crippen LogP contribution < -0.4 is 10.2 Å². The van der Waals surface area contributed by atoms with Gasteiger partial charge in [0.2, 0.25) is 0 Å². The number of rotatable bonds is 5. The van der Waals surface area contributed by atoms with Crippen LogP contribution in [0, 0.1) is 0 Å². The van der Waals surface area contributed by atoms with E-state index in [0.717, 1.165) is 31.2 Å². The molecular formula is C21H30F3N5. The number of piperazine rings is 1. The molecule has 1 saturated heterocycles. The van der Waals surface area contributed by atoms with E-state index >= 15 is 0 Å². The molecule has 1 N–H and O–H groups in total. The summed E-state index contributed by atoms with van der Waals surface area (Å²) >= 11 is 0. The Kier molecular flexibility index (Phi) is 7.05. The van der Waals surface area contributed by atoms with Gasteiger partial charge in [-0.2, -0.15) is 13.2 Å². The van der Waals surface area contributed by atoms with Gasteiger partial charge in [-0.15, -0.1) is 0 Å². The summed E-state index contributed by atoms with van der Waals surface area (Å²) < 4.78 is 38.8. The lowest BCUT2D eigenvalue weighted by atomic mass is 10.2. The first-order valence-corrected chi connectivity index (χ1v) is 10.2. The Morgan fingerprint density at radius 2 is 1.69 bits per heavy atom. The summed E-state index contributed by atoms with van der Waals surface area (Å²) in [5.74, 6) is 0.764. The van der Waals surface area contributed by atoms with Crippen molar-refractivity contribution in [3.63, 3.8) is 0 Å². The van der Waals surface area contributed by atoms with Crippen molar-refractivity contribution < 1.29 is 13.2 Å². The normalized spacial score (nSPS) is 19.7. The molecular weight excluding hydrogens is 379 g/mol. The van der Waals surface area contributed by atoms with E-state index < -0.39 is 12.2 Å². The molecule has 1 unspecified atom stereocenters. The first kappa shape index (κ1) is 21.5. The Bertz CT molecular complexity index is 698. The average Bonchev–Trinajstić information content (AvgIpc) is 3.25. The highest BCUT2D eigenvalue weighted by Gasteiger charge is 2.41. The number of halogens is 3. The number of anilines is 1. The standard InChI is InChI=1S/C21H30F3N5/c1-3-25-20(29-14-12-27(13-15-29)17(2)21(22,23)24)26-16-18-6-8-19(9-7-18)28-10-4-5-11-28/h4-9,17H,3,10-16H2,1-2H3,(H,25,26). The minimum absolute atomic E-state index is 0.379. The molecule has 0 aromatic heterocycles. The number of hydrogen-bond donors (Lipinski definition) is 1. The van der Waals surface area contributed by atoms with Gasteiger partial charge in [-0.25, -0.2) is 4.99 Å². The SMILES string of the molecule is CCNC(=NCc1ccc(N2CC=CC2)cc1)N1CCN(C(C)C(F)(F)F)CC1. The lowest BCUT2D eigenvalue weighted by molar-refractivity contribution is -0.181. The zero-order chi connectivity index (χ0) is 20.9. The van der Waals surface area contributed by atoms with Crippen molar-refractivity contribution in [3.05, 3.63) is 42.0 Å². The number of nitrogens with zero attached hydrogens (tertiary/aromatic N) is 4. The van der Waals surface area contributed by atoms with E-state index in [1.807, 2.05) is 11.8 Å². The van der Waals surface area contributed by atoms with Crippen molar-refractivity contribution >= 4 is 11.6 Å². The summed E-state index contributed by atoms with van der Waals surface area (Å²) in [7, 11) is 0. The molecule has 1 fully saturated rings. The maximum Gasteiger partial charge on any atom is 0.403 e. The van der Waals surface area contributed by atoms with Crippen molar-refractivity contribution in [1.29, 1.82) is 0 Å². The van der Waals surface area contributed by atoms with Crippen LogP contribution in [0.1, 0.15) is 19.4 Å². The summed E-state index contributed by atoms with van der Waals surface area (Å²) in [6, 6.07) is 6.99. The molecule has 1 aromatic rings. The average molecular weight is 410 g/mol. The van der Waals surface area contributed by atoms with Crippen LogP contribution in [0.2, 0.25) is 0 Å². The van der Waals surface area contributed by atoms with Crippen molar-refractivity contribution in [2.45, 2.75) is 32.6 Å². The molecule has 5 nitrogen and oxygen atoms in total. The Balaban J connectivity index is 1.57. The Morgan fingerprint density at radius 3 is 2.24 bits per heavy atom. The van der Waals surface area contributed by atoms with Gasteiger partial charge in [-0.05, 0) is 31.5 Å². The molecule has 0 bridgehead atoms. The summed E-state index contributed by atoms with van der Waals surface area (Å²) in [5.41, 5.74) is 2.31. The molecule has 1 atom stereocenters. The molecule has 0 amide bonds. The van der Waals surface area contributed by atoms with Crippen LogP contribution in [-0.2, 0) is 6.54 Å². The number of hydrogen-bond acceptors (Lipinski definition) is 3. The van der Waals surface area contributed by atoms with E-state index in [9.17, 15) is 13.2 Å². The molecule has 29 heavy (non-hydrogen) atoms. The maximum atomic E-state index is 12.9. The van der Waals surface area contributed by atoms with Gasteiger partial charge in [0, 0.05) is 51.5 Å². The van der Waals surface area contributed by atoms with E-state index in [1.165, 1.54) is 17.5 Å². The third-order valence-electron chi connectivity index (χ3n) is 5.50. The fourth-order valence-electron chi connectivity index (χ4n) is 3.62. The van der Waals surface area contributed by atoms with Crippen LogP contribution in [-0.4, -0.2) is 73.8 Å². The smallest absolute Gasteiger partial charge is 0.364 e. The summed E-state index contributed by atoms with van der Waals surface area (Å²) in [4.78, 5) is 10.5. The molecule has 0 spiro atoms. The molecule has 2 heterocycles. The number of nitrogens with one attached hydrogen (secondary N) is 1. The molecule has 3 rings (SSSR count). The first-order valence-electron chi connectivity index (χ1n) is 10.2. The number of aliphatic imine (C=N–C) groups is 1. The fraction of sp³-hybridized carbons (Fsp3) is 0.571. The zero-order valence-corrected chi connectivity index (χ0v) is 17.1. The second-order valence-corrected chi connectivity index (χ2v) is 7.45. The molecule has 0 radical (unpaired) electrons. The number of benzene rings is 1. The van der Waals surface area contributed by atoms with E-state index in [4.69, 9.17) is 4.99 Å². The molecule has 160 valence electrons. The predicted octanol–water partition coefficient (Wildman–Crippen LogP) is 3.10. The number of guanidine groups is 1. The van der Waals surface area contributed by atoms with Crippen LogP contribution in [0.15, 0.2) is 41.4 Å². The lowest BCUT2D eigenvalue weighted by Crippen LogP contribution is -2.56. The fourth-order valence-corrected chi connectivity index (χ4v) is 3.62. The molecule has 0 saturated carbocycles. The Morgan fingerprint density at radius 1 is 1.07 bits per heavy atom. The van der Waals surface area contributed by atoms with Crippen LogP contribution in [0.25, 0.3) is 0 Å². The summed E-state index contributed by atoms with van der Waals surface area (Å²) in [6.07, 6.45) is 0.143. The highest BCUT2D eigenvalue weighted by atomic mass is 19.4. The molecule has 8 heteroatoms. The van der Waals surface area contributed by atoms with Gasteiger partial charge >= 0.3 is 6.18 Å². The third kappa shape index (κ3) is 5.65. The van der Waals surface area contributed by atoms with Crippen LogP contribution >= 0.6 is 0 Å². The second kappa shape index (κ2) is 9.52. The van der Waals surface area contributed by atoms with Crippen molar-refractivity contribution in [2.75, 3.05) is 50.7 Å².